The van der Waals surface area contributed by atoms with E-state index in [1.54, 1.807) is 18.2 Å². The number of methoxy groups -OCH3 is 1. The highest BCUT2D eigenvalue weighted by molar-refractivity contribution is 5.71. The van der Waals surface area contributed by atoms with Crippen LogP contribution in [0.15, 0.2) is 24.3 Å². The van der Waals surface area contributed by atoms with Crippen molar-refractivity contribution < 1.29 is 13.9 Å². The Morgan fingerprint density at radius 2 is 2.05 bits per heavy atom. The summed E-state index contributed by atoms with van der Waals surface area (Å²) >= 11 is 0. The quantitative estimate of drug-likeness (QED) is 0.806. The highest BCUT2D eigenvalue weighted by Crippen LogP contribution is 2.37. The molecule has 0 heterocycles. The van der Waals surface area contributed by atoms with Gasteiger partial charge in [-0.05, 0) is 24.5 Å². The minimum Gasteiger partial charge on any atom is -0.469 e. The molecule has 0 radical (unpaired) electrons. The Balaban J connectivity index is 3.32. The fraction of sp³-hybridized carbons (Fsp3) is 0.533. The maximum atomic E-state index is 14.1. The zero-order chi connectivity index (χ0) is 14.5. The van der Waals surface area contributed by atoms with Gasteiger partial charge in [0, 0.05) is 11.5 Å². The Morgan fingerprint density at radius 3 is 2.53 bits per heavy atom. The van der Waals surface area contributed by atoms with E-state index >= 15 is 0 Å². The molecule has 106 valence electrons. The second kappa shape index (κ2) is 6.66. The van der Waals surface area contributed by atoms with E-state index in [9.17, 15) is 9.18 Å². The monoisotopic (exact) mass is 267 g/mol. The Bertz CT molecular complexity index is 436. The summed E-state index contributed by atoms with van der Waals surface area (Å²) < 4.78 is 18.9. The third-order valence-corrected chi connectivity index (χ3v) is 3.88. The van der Waals surface area contributed by atoms with Gasteiger partial charge in [-0.2, -0.15) is 0 Å². The summed E-state index contributed by atoms with van der Waals surface area (Å²) in [4.78, 5) is 11.7. The number of esters is 1. The molecule has 0 bridgehead atoms. The molecule has 1 rings (SSSR count). The number of carbonyl (C=O) groups excluding carboxylic acids is 1. The van der Waals surface area contributed by atoms with Crippen LogP contribution in [0.4, 0.5) is 4.39 Å². The molecule has 0 saturated carbocycles. The van der Waals surface area contributed by atoms with E-state index in [0.29, 0.717) is 18.4 Å². The lowest BCUT2D eigenvalue weighted by Crippen LogP contribution is -2.47. The van der Waals surface area contributed by atoms with Gasteiger partial charge in [0.15, 0.2) is 0 Å². The molecule has 0 aromatic heterocycles. The number of hydrogen-bond donors (Lipinski definition) is 1. The fourth-order valence-electron chi connectivity index (χ4n) is 2.59. The average Bonchev–Trinajstić information content (AvgIpc) is 2.44. The van der Waals surface area contributed by atoms with Crippen LogP contribution in [0.2, 0.25) is 0 Å². The van der Waals surface area contributed by atoms with E-state index in [-0.39, 0.29) is 24.2 Å². The van der Waals surface area contributed by atoms with Crippen LogP contribution < -0.4 is 5.73 Å². The SMILES string of the molecule is CCC(N)C(CC)(CC(=O)OC)c1ccccc1F. The largest absolute Gasteiger partial charge is 0.469 e. The molecule has 1 aromatic rings. The number of rotatable bonds is 6. The van der Waals surface area contributed by atoms with E-state index in [0.717, 1.165) is 0 Å². The summed E-state index contributed by atoms with van der Waals surface area (Å²) in [6.45, 7) is 3.86. The highest BCUT2D eigenvalue weighted by atomic mass is 19.1. The van der Waals surface area contributed by atoms with Crippen LogP contribution in [0.3, 0.4) is 0 Å². The normalized spacial score (nSPS) is 15.6. The van der Waals surface area contributed by atoms with Crippen LogP contribution in [0, 0.1) is 5.82 Å². The van der Waals surface area contributed by atoms with Gasteiger partial charge in [0.25, 0.3) is 0 Å². The summed E-state index contributed by atoms with van der Waals surface area (Å²) in [6, 6.07) is 6.21. The van der Waals surface area contributed by atoms with Gasteiger partial charge in [-0.3, -0.25) is 4.79 Å². The molecule has 0 amide bonds. The molecule has 0 aliphatic carbocycles. The summed E-state index contributed by atoms with van der Waals surface area (Å²) in [5.74, 6) is -0.689. The highest BCUT2D eigenvalue weighted by Gasteiger charge is 2.40. The zero-order valence-electron chi connectivity index (χ0n) is 11.8. The van der Waals surface area contributed by atoms with Gasteiger partial charge in [0.2, 0.25) is 0 Å². The van der Waals surface area contributed by atoms with E-state index in [4.69, 9.17) is 10.5 Å². The second-order valence-electron chi connectivity index (χ2n) is 4.76. The second-order valence-corrected chi connectivity index (χ2v) is 4.76. The van der Waals surface area contributed by atoms with Gasteiger partial charge >= 0.3 is 5.97 Å². The van der Waals surface area contributed by atoms with E-state index < -0.39 is 5.41 Å². The van der Waals surface area contributed by atoms with Crippen molar-refractivity contribution in [1.29, 1.82) is 0 Å². The molecule has 2 N–H and O–H groups in total. The first-order valence-corrected chi connectivity index (χ1v) is 6.59. The van der Waals surface area contributed by atoms with Gasteiger partial charge in [0.05, 0.1) is 13.5 Å². The maximum Gasteiger partial charge on any atom is 0.306 e. The van der Waals surface area contributed by atoms with Crippen LogP contribution in [0.1, 0.15) is 38.7 Å². The molecule has 0 fully saturated rings. The number of carbonyl (C=O) groups is 1. The predicted molar refractivity (Wildman–Crippen MR) is 73.3 cm³/mol. The van der Waals surface area contributed by atoms with Gasteiger partial charge in [-0.15, -0.1) is 0 Å². The third-order valence-electron chi connectivity index (χ3n) is 3.88. The van der Waals surface area contributed by atoms with E-state index in [1.165, 1.54) is 13.2 Å². The smallest absolute Gasteiger partial charge is 0.306 e. The molecular weight excluding hydrogens is 245 g/mol. The van der Waals surface area contributed by atoms with Gasteiger partial charge in [-0.25, -0.2) is 4.39 Å². The average molecular weight is 267 g/mol. The Kier molecular flexibility index (Phi) is 5.48. The number of benzene rings is 1. The molecular formula is C15H22FNO2. The van der Waals surface area contributed by atoms with Crippen molar-refractivity contribution in [2.45, 2.75) is 44.6 Å². The summed E-state index contributed by atoms with van der Waals surface area (Å²) in [5.41, 5.74) is 5.97. The maximum absolute atomic E-state index is 14.1. The minimum atomic E-state index is -0.715. The molecule has 2 atom stereocenters. The summed E-state index contributed by atoms with van der Waals surface area (Å²) in [6.07, 6.45) is 1.34. The molecule has 0 aliphatic rings. The lowest BCUT2D eigenvalue weighted by atomic mass is 9.69. The van der Waals surface area contributed by atoms with E-state index in [1.807, 2.05) is 13.8 Å². The molecule has 19 heavy (non-hydrogen) atoms. The van der Waals surface area contributed by atoms with Crippen molar-refractivity contribution in [2.24, 2.45) is 5.73 Å². The first-order valence-electron chi connectivity index (χ1n) is 6.59. The molecule has 4 heteroatoms. The number of hydrogen-bond acceptors (Lipinski definition) is 3. The first-order chi connectivity index (χ1) is 9.01. The molecule has 2 unspecified atom stereocenters. The number of ether oxygens (including phenoxy) is 1. The minimum absolute atomic E-state index is 0.0932. The molecule has 0 spiro atoms. The van der Waals surface area contributed by atoms with Crippen molar-refractivity contribution in [3.8, 4) is 0 Å². The van der Waals surface area contributed by atoms with E-state index in [2.05, 4.69) is 0 Å². The number of halogens is 1. The fourth-order valence-corrected chi connectivity index (χ4v) is 2.59. The molecule has 0 saturated heterocycles. The standard InChI is InChI=1S/C15H22FNO2/c1-4-13(17)15(5-2,10-14(18)19-3)11-8-6-7-9-12(11)16/h6-9,13H,4-5,10,17H2,1-3H3. The van der Waals surface area contributed by atoms with Crippen LogP contribution in [0.25, 0.3) is 0 Å². The van der Waals surface area contributed by atoms with Crippen molar-refractivity contribution in [3.63, 3.8) is 0 Å². The van der Waals surface area contributed by atoms with Gasteiger partial charge in [0.1, 0.15) is 5.82 Å². The Morgan fingerprint density at radius 1 is 1.42 bits per heavy atom. The third kappa shape index (κ3) is 3.13. The van der Waals surface area contributed by atoms with Crippen LogP contribution in [-0.2, 0) is 14.9 Å². The Hall–Kier alpha value is -1.42. The summed E-state index contributed by atoms with van der Waals surface area (Å²) in [7, 11) is 1.33. The zero-order valence-corrected chi connectivity index (χ0v) is 11.8. The lowest BCUT2D eigenvalue weighted by Gasteiger charge is -2.38. The molecule has 0 aliphatic heterocycles. The van der Waals surface area contributed by atoms with Crippen molar-refractivity contribution in [3.05, 3.63) is 35.6 Å². The topological polar surface area (TPSA) is 52.3 Å². The van der Waals surface area contributed by atoms with Crippen molar-refractivity contribution in [2.75, 3.05) is 7.11 Å². The number of nitrogens with two attached hydrogens (primary N) is 1. The Labute approximate surface area is 113 Å². The van der Waals surface area contributed by atoms with Crippen LogP contribution in [0.5, 0.6) is 0 Å². The van der Waals surface area contributed by atoms with Crippen LogP contribution in [-0.4, -0.2) is 19.1 Å². The predicted octanol–water partition coefficient (Wildman–Crippen LogP) is 2.77. The van der Waals surface area contributed by atoms with Gasteiger partial charge < -0.3 is 10.5 Å². The van der Waals surface area contributed by atoms with Crippen LogP contribution >= 0.6 is 0 Å². The van der Waals surface area contributed by atoms with Crippen molar-refractivity contribution >= 4 is 5.97 Å². The van der Waals surface area contributed by atoms with Gasteiger partial charge in [-0.1, -0.05) is 32.0 Å². The molecule has 3 nitrogen and oxygen atoms in total. The lowest BCUT2D eigenvalue weighted by molar-refractivity contribution is -0.142. The van der Waals surface area contributed by atoms with Crippen molar-refractivity contribution in [1.82, 2.24) is 0 Å². The summed E-state index contributed by atoms with van der Waals surface area (Å²) in [5, 5.41) is 0. The first kappa shape index (κ1) is 15.6. The molecule has 1 aromatic carbocycles.